The zero-order valence-electron chi connectivity index (χ0n) is 11.7. The molecule has 0 aromatic heterocycles. The van der Waals surface area contributed by atoms with E-state index in [1.54, 1.807) is 12.1 Å². The summed E-state index contributed by atoms with van der Waals surface area (Å²) in [6.07, 6.45) is 1.22. The van der Waals surface area contributed by atoms with Crippen LogP contribution < -0.4 is 4.74 Å². The molecule has 0 radical (unpaired) electrons. The van der Waals surface area contributed by atoms with Crippen LogP contribution >= 0.6 is 11.6 Å². The van der Waals surface area contributed by atoms with E-state index in [0.717, 1.165) is 0 Å². The number of hydrogen-bond acceptors (Lipinski definition) is 3. The molecule has 0 N–H and O–H groups in total. The second-order valence-electron chi connectivity index (χ2n) is 4.42. The maximum Gasteiger partial charge on any atom is 0.387 e. The smallest absolute Gasteiger partial charge is 0.387 e. The van der Waals surface area contributed by atoms with Crippen LogP contribution in [0.25, 0.3) is 6.08 Å². The summed E-state index contributed by atoms with van der Waals surface area (Å²) in [5.41, 5.74) is 0.291. The van der Waals surface area contributed by atoms with Gasteiger partial charge in [-0.1, -0.05) is 29.8 Å². The number of carbonyl (C=O) groups excluding carboxylic acids is 1. The third kappa shape index (κ3) is 4.38. The molecule has 0 saturated heterocycles. The summed E-state index contributed by atoms with van der Waals surface area (Å²) in [6.45, 7) is -3.00. The van der Waals surface area contributed by atoms with E-state index in [1.165, 1.54) is 48.5 Å². The highest BCUT2D eigenvalue weighted by molar-refractivity contribution is 6.30. The first kappa shape index (κ1) is 16.7. The fourth-order valence-corrected chi connectivity index (χ4v) is 1.99. The number of benzene rings is 2. The number of ketones is 1. The van der Waals surface area contributed by atoms with E-state index in [0.29, 0.717) is 5.02 Å². The predicted molar refractivity (Wildman–Crippen MR) is 82.4 cm³/mol. The van der Waals surface area contributed by atoms with E-state index in [4.69, 9.17) is 11.6 Å². The highest BCUT2D eigenvalue weighted by Gasteiger charge is 2.14. The number of carbonyl (C=O) groups is 1. The van der Waals surface area contributed by atoms with Gasteiger partial charge < -0.3 is 4.74 Å². The summed E-state index contributed by atoms with van der Waals surface area (Å²) in [6, 6.07) is 13.7. The van der Waals surface area contributed by atoms with Crippen LogP contribution in [0, 0.1) is 11.3 Å². The molecule has 0 bridgehead atoms. The first-order valence-corrected chi connectivity index (χ1v) is 6.85. The van der Waals surface area contributed by atoms with E-state index >= 15 is 0 Å². The third-order valence-electron chi connectivity index (χ3n) is 2.91. The van der Waals surface area contributed by atoms with Gasteiger partial charge in [-0.25, -0.2) is 0 Å². The van der Waals surface area contributed by atoms with E-state index < -0.39 is 12.4 Å². The van der Waals surface area contributed by atoms with Crippen molar-refractivity contribution >= 4 is 23.5 Å². The number of para-hydroxylation sites is 1. The Balaban J connectivity index is 2.38. The van der Waals surface area contributed by atoms with Gasteiger partial charge in [-0.05, 0) is 36.4 Å². The lowest BCUT2D eigenvalue weighted by Crippen LogP contribution is -2.04. The number of nitriles is 1. The van der Waals surface area contributed by atoms with Crippen molar-refractivity contribution in [2.75, 3.05) is 0 Å². The number of Topliss-reactive ketones (excluding diaryl/α,β-unsaturated/α-hetero) is 1. The minimum atomic E-state index is -3.00. The van der Waals surface area contributed by atoms with Crippen molar-refractivity contribution < 1.29 is 18.3 Å². The molecule has 6 heteroatoms. The highest BCUT2D eigenvalue weighted by Crippen LogP contribution is 2.24. The van der Waals surface area contributed by atoms with Gasteiger partial charge in [-0.15, -0.1) is 0 Å². The predicted octanol–water partition coefficient (Wildman–Crippen LogP) is 4.73. The largest absolute Gasteiger partial charge is 0.434 e. The SMILES string of the molecule is N#C/C(=C\c1ccccc1OC(F)F)C(=O)c1ccc(Cl)cc1. The Morgan fingerprint density at radius 1 is 1.17 bits per heavy atom. The Morgan fingerprint density at radius 3 is 2.43 bits per heavy atom. The molecule has 0 amide bonds. The van der Waals surface area contributed by atoms with Crippen molar-refractivity contribution in [3.63, 3.8) is 0 Å². The molecule has 0 atom stereocenters. The molecule has 0 heterocycles. The molecule has 0 aliphatic carbocycles. The molecular formula is C17H10ClF2NO2. The minimum absolute atomic E-state index is 0.112. The molecule has 3 nitrogen and oxygen atoms in total. The summed E-state index contributed by atoms with van der Waals surface area (Å²) >= 11 is 5.75. The fourth-order valence-electron chi connectivity index (χ4n) is 1.86. The lowest BCUT2D eigenvalue weighted by Gasteiger charge is -2.08. The third-order valence-corrected chi connectivity index (χ3v) is 3.16. The van der Waals surface area contributed by atoms with E-state index in [9.17, 15) is 18.8 Å². The van der Waals surface area contributed by atoms with Crippen molar-refractivity contribution in [1.82, 2.24) is 0 Å². The average Bonchev–Trinajstić information content (AvgIpc) is 2.53. The number of halogens is 3. The van der Waals surface area contributed by atoms with Gasteiger partial charge in [-0.2, -0.15) is 14.0 Å². The van der Waals surface area contributed by atoms with Crippen LogP contribution in [0.5, 0.6) is 5.75 Å². The molecule has 116 valence electrons. The summed E-state index contributed by atoms with van der Waals surface area (Å²) in [5, 5.41) is 9.65. The van der Waals surface area contributed by atoms with Crippen LogP contribution in [0.2, 0.25) is 5.02 Å². The quantitative estimate of drug-likeness (QED) is 0.451. The van der Waals surface area contributed by atoms with Crippen molar-refractivity contribution in [3.05, 3.63) is 70.3 Å². The first-order chi connectivity index (χ1) is 11.0. The molecule has 0 aliphatic heterocycles. The molecule has 23 heavy (non-hydrogen) atoms. The number of allylic oxidation sites excluding steroid dienone is 1. The van der Waals surface area contributed by atoms with Crippen LogP contribution in [0.3, 0.4) is 0 Å². The minimum Gasteiger partial charge on any atom is -0.434 e. The Kier molecular flexibility index (Phi) is 5.45. The van der Waals surface area contributed by atoms with Gasteiger partial charge in [0, 0.05) is 16.1 Å². The number of rotatable bonds is 5. The zero-order valence-corrected chi connectivity index (χ0v) is 12.4. The highest BCUT2D eigenvalue weighted by atomic mass is 35.5. The Bertz CT molecular complexity index is 780. The lowest BCUT2D eigenvalue weighted by molar-refractivity contribution is -0.0499. The van der Waals surface area contributed by atoms with Crippen LogP contribution in [-0.4, -0.2) is 12.4 Å². The normalized spacial score (nSPS) is 11.2. The molecule has 0 fully saturated rings. The zero-order chi connectivity index (χ0) is 16.8. The van der Waals surface area contributed by atoms with Gasteiger partial charge in [0.25, 0.3) is 0 Å². The van der Waals surface area contributed by atoms with Crippen molar-refractivity contribution in [2.24, 2.45) is 0 Å². The van der Waals surface area contributed by atoms with Crippen molar-refractivity contribution in [3.8, 4) is 11.8 Å². The van der Waals surface area contributed by atoms with Gasteiger partial charge in [0.15, 0.2) is 0 Å². The van der Waals surface area contributed by atoms with E-state index in [-0.39, 0.29) is 22.4 Å². The molecule has 2 aromatic rings. The van der Waals surface area contributed by atoms with Crippen LogP contribution in [0.15, 0.2) is 54.1 Å². The number of nitrogens with zero attached hydrogens (tertiary/aromatic N) is 1. The second kappa shape index (κ2) is 7.52. The summed E-state index contributed by atoms with van der Waals surface area (Å²) < 4.78 is 29.2. The second-order valence-corrected chi connectivity index (χ2v) is 4.86. The van der Waals surface area contributed by atoms with Crippen LogP contribution in [0.1, 0.15) is 15.9 Å². The van der Waals surface area contributed by atoms with Crippen molar-refractivity contribution in [1.29, 1.82) is 5.26 Å². The molecule has 0 unspecified atom stereocenters. The number of hydrogen-bond donors (Lipinski definition) is 0. The number of alkyl halides is 2. The molecule has 2 rings (SSSR count). The Labute approximate surface area is 136 Å². The van der Waals surface area contributed by atoms with Crippen molar-refractivity contribution in [2.45, 2.75) is 6.61 Å². The monoisotopic (exact) mass is 333 g/mol. The number of ether oxygens (including phenoxy) is 1. The maximum absolute atomic E-state index is 12.4. The summed E-state index contributed by atoms with van der Waals surface area (Å²) in [5.74, 6) is -0.643. The fraction of sp³-hybridized carbons (Fsp3) is 0.0588. The molecule has 0 spiro atoms. The Hall–Kier alpha value is -2.71. The Morgan fingerprint density at radius 2 is 1.83 bits per heavy atom. The maximum atomic E-state index is 12.4. The molecule has 2 aromatic carbocycles. The molecular weight excluding hydrogens is 324 g/mol. The molecule has 0 saturated carbocycles. The van der Waals surface area contributed by atoms with E-state index in [1.807, 2.05) is 0 Å². The van der Waals surface area contributed by atoms with Crippen LogP contribution in [-0.2, 0) is 0 Å². The summed E-state index contributed by atoms with van der Waals surface area (Å²) in [7, 11) is 0. The molecule has 0 aliphatic rings. The lowest BCUT2D eigenvalue weighted by atomic mass is 10.0. The van der Waals surface area contributed by atoms with Gasteiger partial charge in [0.05, 0.1) is 0 Å². The van der Waals surface area contributed by atoms with Gasteiger partial charge in [-0.3, -0.25) is 4.79 Å². The van der Waals surface area contributed by atoms with Gasteiger partial charge in [0.1, 0.15) is 17.4 Å². The van der Waals surface area contributed by atoms with Gasteiger partial charge in [0.2, 0.25) is 5.78 Å². The summed E-state index contributed by atoms with van der Waals surface area (Å²) in [4.78, 5) is 12.3. The van der Waals surface area contributed by atoms with Crippen LogP contribution in [0.4, 0.5) is 8.78 Å². The van der Waals surface area contributed by atoms with Gasteiger partial charge >= 0.3 is 6.61 Å². The van der Waals surface area contributed by atoms with E-state index in [2.05, 4.69) is 4.74 Å². The topological polar surface area (TPSA) is 50.1 Å². The average molecular weight is 334 g/mol. The standard InChI is InChI=1S/C17H10ClF2NO2/c18-14-7-5-11(6-8-14)16(22)13(10-21)9-12-3-1-2-4-15(12)23-17(19)20/h1-9,17H/b13-9+. The first-order valence-electron chi connectivity index (χ1n) is 6.47.